The maximum absolute atomic E-state index is 6.11. The molecule has 0 fully saturated rings. The number of benzene rings is 2. The van der Waals surface area contributed by atoms with Gasteiger partial charge in [-0.2, -0.15) is 0 Å². The van der Waals surface area contributed by atoms with Gasteiger partial charge in [-0.25, -0.2) is 0 Å². The van der Waals surface area contributed by atoms with E-state index in [0.29, 0.717) is 27.4 Å². The van der Waals surface area contributed by atoms with E-state index in [1.165, 1.54) is 0 Å². The number of nitrogens with two attached hydrogens (primary N) is 1. The SMILES string of the molecule is NCc1cccc(Cl)c1OCc1c(Cl)cccc1Cl. The Morgan fingerprint density at radius 1 is 0.895 bits per heavy atom. The van der Waals surface area contributed by atoms with E-state index in [9.17, 15) is 0 Å². The van der Waals surface area contributed by atoms with Crippen LogP contribution in [-0.2, 0) is 13.2 Å². The fourth-order valence-electron chi connectivity index (χ4n) is 1.69. The Bertz CT molecular complexity index is 567. The number of hydrogen-bond acceptors (Lipinski definition) is 2. The van der Waals surface area contributed by atoms with E-state index in [0.717, 1.165) is 11.1 Å². The lowest BCUT2D eigenvalue weighted by Crippen LogP contribution is -2.04. The molecule has 0 aliphatic heterocycles. The summed E-state index contributed by atoms with van der Waals surface area (Å²) in [5.74, 6) is 0.572. The predicted octanol–water partition coefficient (Wildman–Crippen LogP) is 4.68. The molecule has 0 atom stereocenters. The standard InChI is InChI=1S/C14H12Cl3NO/c15-11-4-2-5-12(16)10(11)8-19-14-9(7-18)3-1-6-13(14)17/h1-6H,7-8,18H2. The van der Waals surface area contributed by atoms with E-state index in [1.54, 1.807) is 24.3 Å². The Balaban J connectivity index is 2.24. The first kappa shape index (κ1) is 14.5. The number of ether oxygens (including phenoxy) is 1. The van der Waals surface area contributed by atoms with E-state index in [1.807, 2.05) is 12.1 Å². The van der Waals surface area contributed by atoms with Crippen molar-refractivity contribution in [2.24, 2.45) is 5.73 Å². The lowest BCUT2D eigenvalue weighted by Gasteiger charge is -2.13. The molecule has 0 aliphatic carbocycles. The van der Waals surface area contributed by atoms with Crippen LogP contribution in [-0.4, -0.2) is 0 Å². The molecule has 0 unspecified atom stereocenters. The normalized spacial score (nSPS) is 10.5. The zero-order chi connectivity index (χ0) is 13.8. The van der Waals surface area contributed by atoms with Gasteiger partial charge in [-0.3, -0.25) is 0 Å². The van der Waals surface area contributed by atoms with Gasteiger partial charge in [-0.05, 0) is 18.2 Å². The molecule has 2 N–H and O–H groups in total. The van der Waals surface area contributed by atoms with Crippen molar-refractivity contribution in [1.29, 1.82) is 0 Å². The molecule has 0 spiro atoms. The van der Waals surface area contributed by atoms with Crippen LogP contribution in [0.25, 0.3) is 0 Å². The van der Waals surface area contributed by atoms with Crippen molar-refractivity contribution in [2.45, 2.75) is 13.2 Å². The van der Waals surface area contributed by atoms with Gasteiger partial charge in [0, 0.05) is 27.7 Å². The molecule has 0 bridgehead atoms. The number of hydrogen-bond donors (Lipinski definition) is 1. The first-order chi connectivity index (χ1) is 9.13. The zero-order valence-electron chi connectivity index (χ0n) is 10.00. The zero-order valence-corrected chi connectivity index (χ0v) is 12.3. The van der Waals surface area contributed by atoms with Crippen LogP contribution in [0.5, 0.6) is 5.75 Å². The second kappa shape index (κ2) is 6.49. The monoisotopic (exact) mass is 315 g/mol. The molecule has 100 valence electrons. The molecule has 2 nitrogen and oxygen atoms in total. The second-order valence-corrected chi connectivity index (χ2v) is 5.14. The lowest BCUT2D eigenvalue weighted by molar-refractivity contribution is 0.303. The van der Waals surface area contributed by atoms with Crippen LogP contribution in [0.2, 0.25) is 15.1 Å². The Hall–Kier alpha value is -0.930. The van der Waals surface area contributed by atoms with Gasteiger partial charge in [-0.1, -0.05) is 53.0 Å². The van der Waals surface area contributed by atoms with E-state index in [-0.39, 0.29) is 6.61 Å². The molecule has 0 saturated heterocycles. The van der Waals surface area contributed by atoms with Gasteiger partial charge in [0.15, 0.2) is 0 Å². The Morgan fingerprint density at radius 2 is 1.47 bits per heavy atom. The average molecular weight is 317 g/mol. The summed E-state index contributed by atoms with van der Waals surface area (Å²) in [6.45, 7) is 0.599. The molecule has 0 saturated carbocycles. The van der Waals surface area contributed by atoms with Crippen LogP contribution >= 0.6 is 34.8 Å². The summed E-state index contributed by atoms with van der Waals surface area (Å²) >= 11 is 18.3. The highest BCUT2D eigenvalue weighted by Gasteiger charge is 2.10. The summed E-state index contributed by atoms with van der Waals surface area (Å²) in [5.41, 5.74) is 7.23. The third kappa shape index (κ3) is 3.34. The molecular weight excluding hydrogens is 305 g/mol. The van der Waals surface area contributed by atoms with E-state index < -0.39 is 0 Å². The van der Waals surface area contributed by atoms with Crippen LogP contribution in [0.3, 0.4) is 0 Å². The van der Waals surface area contributed by atoms with Crippen LogP contribution in [0.4, 0.5) is 0 Å². The van der Waals surface area contributed by atoms with Gasteiger partial charge in [0.05, 0.1) is 5.02 Å². The maximum Gasteiger partial charge on any atom is 0.142 e. The number of rotatable bonds is 4. The molecule has 0 heterocycles. The summed E-state index contributed by atoms with van der Waals surface area (Å²) in [6.07, 6.45) is 0. The second-order valence-electron chi connectivity index (χ2n) is 3.92. The highest BCUT2D eigenvalue weighted by Crippen LogP contribution is 2.31. The predicted molar refractivity (Wildman–Crippen MR) is 80.1 cm³/mol. The molecule has 19 heavy (non-hydrogen) atoms. The van der Waals surface area contributed by atoms with Gasteiger partial charge in [0.2, 0.25) is 0 Å². The van der Waals surface area contributed by atoms with Crippen LogP contribution in [0.1, 0.15) is 11.1 Å². The van der Waals surface area contributed by atoms with Crippen LogP contribution < -0.4 is 10.5 Å². The molecular formula is C14H12Cl3NO. The average Bonchev–Trinajstić information content (AvgIpc) is 2.39. The number of para-hydroxylation sites is 1. The van der Waals surface area contributed by atoms with Gasteiger partial charge in [-0.15, -0.1) is 0 Å². The minimum atomic E-state index is 0.245. The fraction of sp³-hybridized carbons (Fsp3) is 0.143. The van der Waals surface area contributed by atoms with Gasteiger partial charge < -0.3 is 10.5 Å². The molecule has 0 amide bonds. The van der Waals surface area contributed by atoms with Gasteiger partial charge >= 0.3 is 0 Å². The molecule has 0 aromatic heterocycles. The Morgan fingerprint density at radius 3 is 2.11 bits per heavy atom. The van der Waals surface area contributed by atoms with Crippen molar-refractivity contribution in [2.75, 3.05) is 0 Å². The fourth-order valence-corrected chi connectivity index (χ4v) is 2.45. The summed E-state index contributed by atoms with van der Waals surface area (Å²) in [6, 6.07) is 10.8. The van der Waals surface area contributed by atoms with Crippen molar-refractivity contribution in [1.82, 2.24) is 0 Å². The summed E-state index contributed by atoms with van der Waals surface area (Å²) in [5, 5.41) is 1.65. The Kier molecular flexibility index (Phi) is 4.94. The van der Waals surface area contributed by atoms with E-state index in [4.69, 9.17) is 45.3 Å². The third-order valence-corrected chi connectivity index (χ3v) is 3.70. The van der Waals surface area contributed by atoms with Crippen molar-refractivity contribution in [3.63, 3.8) is 0 Å². The van der Waals surface area contributed by atoms with Crippen molar-refractivity contribution < 1.29 is 4.74 Å². The molecule has 0 aliphatic rings. The first-order valence-electron chi connectivity index (χ1n) is 5.66. The van der Waals surface area contributed by atoms with E-state index >= 15 is 0 Å². The summed E-state index contributed by atoms with van der Waals surface area (Å²) in [7, 11) is 0. The summed E-state index contributed by atoms with van der Waals surface area (Å²) in [4.78, 5) is 0. The van der Waals surface area contributed by atoms with E-state index in [2.05, 4.69) is 0 Å². The van der Waals surface area contributed by atoms with Crippen molar-refractivity contribution in [3.8, 4) is 5.75 Å². The largest absolute Gasteiger partial charge is 0.487 e. The molecule has 5 heteroatoms. The quantitative estimate of drug-likeness (QED) is 0.888. The van der Waals surface area contributed by atoms with Gasteiger partial charge in [0.25, 0.3) is 0 Å². The highest BCUT2D eigenvalue weighted by molar-refractivity contribution is 6.36. The first-order valence-corrected chi connectivity index (χ1v) is 6.80. The van der Waals surface area contributed by atoms with Gasteiger partial charge in [0.1, 0.15) is 12.4 Å². The number of halogens is 3. The maximum atomic E-state index is 6.11. The van der Waals surface area contributed by atoms with Crippen LogP contribution in [0, 0.1) is 0 Å². The lowest BCUT2D eigenvalue weighted by atomic mass is 10.2. The van der Waals surface area contributed by atoms with Crippen molar-refractivity contribution >= 4 is 34.8 Å². The topological polar surface area (TPSA) is 35.2 Å². The highest BCUT2D eigenvalue weighted by atomic mass is 35.5. The molecule has 2 aromatic carbocycles. The minimum absolute atomic E-state index is 0.245. The Labute approximate surface area is 127 Å². The van der Waals surface area contributed by atoms with Crippen molar-refractivity contribution in [3.05, 3.63) is 62.6 Å². The summed E-state index contributed by atoms with van der Waals surface area (Å²) < 4.78 is 5.73. The minimum Gasteiger partial charge on any atom is -0.487 e. The molecule has 2 aromatic rings. The smallest absolute Gasteiger partial charge is 0.142 e. The third-order valence-electron chi connectivity index (χ3n) is 2.69. The van der Waals surface area contributed by atoms with Crippen LogP contribution in [0.15, 0.2) is 36.4 Å². The molecule has 0 radical (unpaired) electrons. The molecule has 2 rings (SSSR count).